The summed E-state index contributed by atoms with van der Waals surface area (Å²) in [6.45, 7) is 11.7. The van der Waals surface area contributed by atoms with Crippen molar-refractivity contribution in [3.63, 3.8) is 0 Å². The van der Waals surface area contributed by atoms with Crippen molar-refractivity contribution >= 4 is 28.5 Å². The van der Waals surface area contributed by atoms with Crippen LogP contribution in [0.4, 0.5) is 0 Å². The second-order valence-corrected chi connectivity index (χ2v) is 11.1. The predicted octanol–water partition coefficient (Wildman–Crippen LogP) is 5.54. The van der Waals surface area contributed by atoms with Gasteiger partial charge in [0.2, 0.25) is 5.76 Å². The number of ether oxygens (including phenoxy) is 3. The summed E-state index contributed by atoms with van der Waals surface area (Å²) in [4.78, 5) is 31.7. The number of benzene rings is 2. The number of hydrogen-bond acceptors (Lipinski definition) is 7. The van der Waals surface area contributed by atoms with Crippen molar-refractivity contribution in [3.8, 4) is 11.5 Å². The molecule has 1 aromatic heterocycles. The molecule has 5 rings (SSSR count). The average Bonchev–Trinajstić information content (AvgIpc) is 3.22. The van der Waals surface area contributed by atoms with Crippen LogP contribution in [-0.4, -0.2) is 68.3 Å². The van der Waals surface area contributed by atoms with Crippen molar-refractivity contribution in [2.75, 3.05) is 52.6 Å². The van der Waals surface area contributed by atoms with Crippen LogP contribution >= 0.6 is 11.6 Å². The molecular formula is C31H37ClN2O6. The van der Waals surface area contributed by atoms with Crippen LogP contribution in [0.3, 0.4) is 0 Å². The van der Waals surface area contributed by atoms with Gasteiger partial charge in [0.1, 0.15) is 5.58 Å². The van der Waals surface area contributed by atoms with E-state index >= 15 is 0 Å². The molecule has 2 aliphatic rings. The zero-order valence-corrected chi connectivity index (χ0v) is 24.2. The number of fused-ring (bicyclic) bond motifs is 2. The number of carbonyl (C=O) groups is 1. The van der Waals surface area contributed by atoms with Crippen LogP contribution in [0.5, 0.6) is 11.5 Å². The van der Waals surface area contributed by atoms with Gasteiger partial charge in [-0.1, -0.05) is 31.5 Å². The Labute approximate surface area is 239 Å². The number of halogens is 1. The Hall–Kier alpha value is -3.07. The Bertz CT molecular complexity index is 1410. The standard InChI is InChI=1S/C31H37ClN2O6/c1-4-38-26-18-21(6-8-25(26)39-15-10-20(2)3)28-27-29(35)23-19-22(32)7-9-24(23)40-30(27)31(36)34(28)12-5-11-33-13-16-37-17-14-33/h6-9,18-20,28H,4-5,10-17H2,1-3H3. The number of rotatable bonds is 11. The van der Waals surface area contributed by atoms with E-state index in [0.717, 1.165) is 51.3 Å². The summed E-state index contributed by atoms with van der Waals surface area (Å²) >= 11 is 6.23. The van der Waals surface area contributed by atoms with Gasteiger partial charge in [-0.3, -0.25) is 14.5 Å². The van der Waals surface area contributed by atoms with E-state index < -0.39 is 6.04 Å². The molecule has 1 unspecified atom stereocenters. The average molecular weight is 569 g/mol. The first-order chi connectivity index (χ1) is 19.4. The van der Waals surface area contributed by atoms with E-state index in [-0.39, 0.29) is 17.1 Å². The van der Waals surface area contributed by atoms with Crippen molar-refractivity contribution in [3.05, 3.63) is 68.5 Å². The molecule has 9 heteroatoms. The van der Waals surface area contributed by atoms with Crippen molar-refractivity contribution in [2.24, 2.45) is 5.92 Å². The van der Waals surface area contributed by atoms with Crippen LogP contribution < -0.4 is 14.9 Å². The zero-order valence-electron chi connectivity index (χ0n) is 23.4. The molecule has 8 nitrogen and oxygen atoms in total. The van der Waals surface area contributed by atoms with Gasteiger partial charge in [0.15, 0.2) is 16.9 Å². The molecule has 0 aliphatic carbocycles. The largest absolute Gasteiger partial charge is 0.490 e. The number of amides is 1. The highest BCUT2D eigenvalue weighted by Crippen LogP contribution is 2.41. The Morgan fingerprint density at radius 1 is 1.02 bits per heavy atom. The first kappa shape index (κ1) is 28.5. The summed E-state index contributed by atoms with van der Waals surface area (Å²) in [5, 5.41) is 0.794. The summed E-state index contributed by atoms with van der Waals surface area (Å²) in [5.41, 5.74) is 1.20. The lowest BCUT2D eigenvalue weighted by atomic mass is 9.98. The molecule has 3 aromatic rings. The molecule has 0 bridgehead atoms. The lowest BCUT2D eigenvalue weighted by molar-refractivity contribution is 0.0353. The molecule has 1 atom stereocenters. The molecular weight excluding hydrogens is 532 g/mol. The molecule has 1 fully saturated rings. The van der Waals surface area contributed by atoms with Crippen LogP contribution in [0.15, 0.2) is 45.6 Å². The highest BCUT2D eigenvalue weighted by molar-refractivity contribution is 6.31. The fourth-order valence-electron chi connectivity index (χ4n) is 5.35. The zero-order chi connectivity index (χ0) is 28.2. The van der Waals surface area contributed by atoms with Crippen molar-refractivity contribution in [1.29, 1.82) is 0 Å². The van der Waals surface area contributed by atoms with Gasteiger partial charge in [-0.25, -0.2) is 0 Å². The van der Waals surface area contributed by atoms with E-state index in [4.69, 9.17) is 30.2 Å². The maximum absolute atomic E-state index is 13.9. The van der Waals surface area contributed by atoms with Gasteiger partial charge >= 0.3 is 0 Å². The molecule has 1 saturated heterocycles. The van der Waals surface area contributed by atoms with E-state index in [2.05, 4.69) is 18.7 Å². The summed E-state index contributed by atoms with van der Waals surface area (Å²) in [6, 6.07) is 9.95. The lowest BCUT2D eigenvalue weighted by Gasteiger charge is -2.29. The lowest BCUT2D eigenvalue weighted by Crippen LogP contribution is -2.38. The van der Waals surface area contributed by atoms with Gasteiger partial charge in [0.05, 0.1) is 43.4 Å². The first-order valence-corrected chi connectivity index (χ1v) is 14.5. The molecule has 1 amide bonds. The van der Waals surface area contributed by atoms with Crippen LogP contribution in [0.1, 0.15) is 61.3 Å². The molecule has 0 N–H and O–H groups in total. The summed E-state index contributed by atoms with van der Waals surface area (Å²) in [6.07, 6.45) is 1.68. The quantitative estimate of drug-likeness (QED) is 0.300. The van der Waals surface area contributed by atoms with E-state index in [1.54, 1.807) is 23.1 Å². The van der Waals surface area contributed by atoms with E-state index in [9.17, 15) is 9.59 Å². The maximum Gasteiger partial charge on any atom is 0.290 e. The number of morpholine rings is 1. The Kier molecular flexibility index (Phi) is 8.98. The summed E-state index contributed by atoms with van der Waals surface area (Å²) in [5.74, 6) is 1.56. The van der Waals surface area contributed by atoms with E-state index in [1.807, 2.05) is 25.1 Å². The number of carbonyl (C=O) groups excluding carboxylic acids is 1. The third-order valence-corrected chi connectivity index (χ3v) is 7.68. The Balaban J connectivity index is 1.52. The minimum atomic E-state index is -0.615. The fraction of sp³-hybridized carbons (Fsp3) is 0.484. The maximum atomic E-state index is 13.9. The first-order valence-electron chi connectivity index (χ1n) is 14.1. The number of hydrogen-bond donors (Lipinski definition) is 0. The van der Waals surface area contributed by atoms with Crippen molar-refractivity contribution < 1.29 is 23.4 Å². The molecule has 40 heavy (non-hydrogen) atoms. The molecule has 0 saturated carbocycles. The van der Waals surface area contributed by atoms with Gasteiger partial charge in [-0.05, 0) is 61.6 Å². The van der Waals surface area contributed by atoms with Gasteiger partial charge in [0.25, 0.3) is 5.91 Å². The Morgan fingerprint density at radius 3 is 2.58 bits per heavy atom. The smallest absolute Gasteiger partial charge is 0.290 e. The molecule has 0 radical (unpaired) electrons. The normalized spacial score (nSPS) is 17.6. The second-order valence-electron chi connectivity index (χ2n) is 10.7. The molecule has 214 valence electrons. The molecule has 0 spiro atoms. The SMILES string of the molecule is CCOc1cc(C2c3c(oc4ccc(Cl)cc4c3=O)C(=O)N2CCCN2CCOCC2)ccc1OCCC(C)C. The summed E-state index contributed by atoms with van der Waals surface area (Å²) in [7, 11) is 0. The second kappa shape index (κ2) is 12.6. The third-order valence-electron chi connectivity index (χ3n) is 7.44. The fourth-order valence-corrected chi connectivity index (χ4v) is 5.52. The van der Waals surface area contributed by atoms with Crippen LogP contribution in [0, 0.1) is 5.92 Å². The van der Waals surface area contributed by atoms with Gasteiger partial charge in [0, 0.05) is 31.2 Å². The van der Waals surface area contributed by atoms with Crippen LogP contribution in [0.25, 0.3) is 11.0 Å². The van der Waals surface area contributed by atoms with Crippen molar-refractivity contribution in [1.82, 2.24) is 9.80 Å². The Morgan fingerprint density at radius 2 is 1.82 bits per heavy atom. The monoisotopic (exact) mass is 568 g/mol. The minimum Gasteiger partial charge on any atom is -0.490 e. The van der Waals surface area contributed by atoms with Crippen LogP contribution in [0.2, 0.25) is 5.02 Å². The minimum absolute atomic E-state index is 0.0893. The third kappa shape index (κ3) is 5.99. The van der Waals surface area contributed by atoms with E-state index in [1.165, 1.54) is 0 Å². The van der Waals surface area contributed by atoms with Crippen LogP contribution in [-0.2, 0) is 4.74 Å². The summed E-state index contributed by atoms with van der Waals surface area (Å²) < 4.78 is 23.5. The van der Waals surface area contributed by atoms with Gasteiger partial charge in [-0.2, -0.15) is 0 Å². The highest BCUT2D eigenvalue weighted by atomic mass is 35.5. The van der Waals surface area contributed by atoms with Crippen molar-refractivity contribution in [2.45, 2.75) is 39.7 Å². The highest BCUT2D eigenvalue weighted by Gasteiger charge is 2.42. The van der Waals surface area contributed by atoms with Gasteiger partial charge in [-0.15, -0.1) is 0 Å². The van der Waals surface area contributed by atoms with Gasteiger partial charge < -0.3 is 23.5 Å². The number of nitrogens with zero attached hydrogens (tertiary/aromatic N) is 2. The molecule has 2 aromatic carbocycles. The molecule has 3 heterocycles. The van der Waals surface area contributed by atoms with E-state index in [0.29, 0.717) is 58.7 Å². The predicted molar refractivity (Wildman–Crippen MR) is 155 cm³/mol. The topological polar surface area (TPSA) is 81.5 Å². The molecule has 2 aliphatic heterocycles.